The van der Waals surface area contributed by atoms with Gasteiger partial charge in [0.25, 0.3) is 5.69 Å². The standard InChI is InChI=1S/C24H18N2O5.ClH/c27-22-18-8-4-5-9-19(18)23(28)24(29)20(22)21(25-14-15-6-2-1-3-7-15)16-10-12-17(13-11-16)26(30)31;/h1-13,21,25,27H,14H2;1H. The number of hydrogen-bond donors (Lipinski definition) is 2. The van der Waals surface area contributed by atoms with Crippen molar-refractivity contribution in [3.8, 4) is 0 Å². The Kier molecular flexibility index (Phi) is 6.82. The van der Waals surface area contributed by atoms with Crippen LogP contribution in [0.5, 0.6) is 0 Å². The minimum absolute atomic E-state index is 0. The Morgan fingerprint density at radius 3 is 2.06 bits per heavy atom. The van der Waals surface area contributed by atoms with E-state index in [0.29, 0.717) is 12.1 Å². The van der Waals surface area contributed by atoms with Crippen LogP contribution >= 0.6 is 12.4 Å². The molecule has 1 aliphatic carbocycles. The Bertz CT molecular complexity index is 1210. The second-order valence-electron chi connectivity index (χ2n) is 7.11. The largest absolute Gasteiger partial charge is 0.507 e. The number of hydrogen-bond acceptors (Lipinski definition) is 6. The number of halogens is 1. The monoisotopic (exact) mass is 450 g/mol. The van der Waals surface area contributed by atoms with E-state index in [-0.39, 0.29) is 40.6 Å². The van der Waals surface area contributed by atoms with Crippen LogP contribution in [0.2, 0.25) is 0 Å². The lowest BCUT2D eigenvalue weighted by molar-refractivity contribution is -0.384. The van der Waals surface area contributed by atoms with Gasteiger partial charge in [0.05, 0.1) is 16.5 Å². The topological polar surface area (TPSA) is 110 Å². The van der Waals surface area contributed by atoms with Gasteiger partial charge in [0.2, 0.25) is 11.6 Å². The molecule has 8 heteroatoms. The van der Waals surface area contributed by atoms with Crippen molar-refractivity contribution in [2.24, 2.45) is 0 Å². The van der Waals surface area contributed by atoms with Crippen molar-refractivity contribution in [1.82, 2.24) is 5.32 Å². The van der Waals surface area contributed by atoms with Gasteiger partial charge in [-0.3, -0.25) is 19.7 Å². The summed E-state index contributed by atoms with van der Waals surface area (Å²) in [5.41, 5.74) is 1.72. The molecule has 1 atom stereocenters. The summed E-state index contributed by atoms with van der Waals surface area (Å²) in [6.45, 7) is 0.350. The highest BCUT2D eigenvalue weighted by Crippen LogP contribution is 2.35. The summed E-state index contributed by atoms with van der Waals surface area (Å²) >= 11 is 0. The first-order valence-electron chi connectivity index (χ1n) is 9.60. The predicted molar refractivity (Wildman–Crippen MR) is 122 cm³/mol. The number of Topliss-reactive ketones (excluding diaryl/α,β-unsaturated/α-hetero) is 2. The molecular weight excluding hydrogens is 432 g/mol. The van der Waals surface area contributed by atoms with E-state index < -0.39 is 22.5 Å². The van der Waals surface area contributed by atoms with Crippen LogP contribution in [0, 0.1) is 10.1 Å². The Morgan fingerprint density at radius 2 is 1.44 bits per heavy atom. The molecule has 0 spiro atoms. The highest BCUT2D eigenvalue weighted by Gasteiger charge is 2.37. The first kappa shape index (κ1) is 22.9. The molecule has 1 aliphatic rings. The van der Waals surface area contributed by atoms with E-state index in [0.717, 1.165) is 5.56 Å². The third-order valence-electron chi connectivity index (χ3n) is 5.21. The summed E-state index contributed by atoms with van der Waals surface area (Å²) in [4.78, 5) is 36.2. The minimum atomic E-state index is -0.842. The summed E-state index contributed by atoms with van der Waals surface area (Å²) in [6.07, 6.45) is 0. The maximum absolute atomic E-state index is 13.0. The van der Waals surface area contributed by atoms with Crippen LogP contribution in [-0.2, 0) is 11.3 Å². The van der Waals surface area contributed by atoms with Crippen molar-refractivity contribution >= 4 is 35.4 Å². The van der Waals surface area contributed by atoms with Crippen LogP contribution in [0.3, 0.4) is 0 Å². The summed E-state index contributed by atoms with van der Waals surface area (Å²) in [5, 5.41) is 25.2. The van der Waals surface area contributed by atoms with Crippen molar-refractivity contribution < 1.29 is 19.6 Å². The lowest BCUT2D eigenvalue weighted by Gasteiger charge is -2.26. The van der Waals surface area contributed by atoms with Gasteiger partial charge in [0.1, 0.15) is 5.76 Å². The molecule has 0 aliphatic heterocycles. The number of nitrogens with zero attached hydrogens (tertiary/aromatic N) is 1. The fourth-order valence-electron chi connectivity index (χ4n) is 3.64. The fourth-order valence-corrected chi connectivity index (χ4v) is 3.64. The quantitative estimate of drug-likeness (QED) is 0.323. The van der Waals surface area contributed by atoms with E-state index in [2.05, 4.69) is 5.32 Å². The molecule has 0 bridgehead atoms. The van der Waals surface area contributed by atoms with Gasteiger partial charge < -0.3 is 10.4 Å². The second-order valence-corrected chi connectivity index (χ2v) is 7.11. The van der Waals surface area contributed by atoms with E-state index in [1.807, 2.05) is 30.3 Å². The molecule has 0 saturated carbocycles. The van der Waals surface area contributed by atoms with Crippen molar-refractivity contribution in [2.45, 2.75) is 12.6 Å². The van der Waals surface area contributed by atoms with Gasteiger partial charge in [-0.05, 0) is 11.1 Å². The summed E-state index contributed by atoms with van der Waals surface area (Å²) in [7, 11) is 0. The minimum Gasteiger partial charge on any atom is -0.507 e. The second kappa shape index (κ2) is 9.55. The lowest BCUT2D eigenvalue weighted by Crippen LogP contribution is -2.33. The highest BCUT2D eigenvalue weighted by molar-refractivity contribution is 6.52. The van der Waals surface area contributed by atoms with Crippen LogP contribution in [0.15, 0.2) is 84.4 Å². The van der Waals surface area contributed by atoms with Gasteiger partial charge >= 0.3 is 0 Å². The number of ketones is 2. The third-order valence-corrected chi connectivity index (χ3v) is 5.21. The summed E-state index contributed by atoms with van der Waals surface area (Å²) in [5.74, 6) is -1.78. The zero-order valence-electron chi connectivity index (χ0n) is 16.7. The Hall–Kier alpha value is -3.81. The van der Waals surface area contributed by atoms with E-state index in [4.69, 9.17) is 0 Å². The van der Waals surface area contributed by atoms with Crippen molar-refractivity contribution in [3.63, 3.8) is 0 Å². The van der Waals surface area contributed by atoms with Crippen molar-refractivity contribution in [1.29, 1.82) is 0 Å². The molecule has 0 saturated heterocycles. The van der Waals surface area contributed by atoms with Crippen LogP contribution in [-0.4, -0.2) is 21.6 Å². The molecule has 0 heterocycles. The number of carbonyl (C=O) groups excluding carboxylic acids is 2. The zero-order valence-corrected chi connectivity index (χ0v) is 17.5. The first-order chi connectivity index (χ1) is 15.0. The van der Waals surface area contributed by atoms with E-state index in [9.17, 15) is 24.8 Å². The molecule has 0 amide bonds. The van der Waals surface area contributed by atoms with E-state index in [1.165, 1.54) is 30.3 Å². The number of rotatable bonds is 6. The summed E-state index contributed by atoms with van der Waals surface area (Å²) < 4.78 is 0. The average molecular weight is 451 g/mol. The Balaban J connectivity index is 0.00000289. The number of carbonyl (C=O) groups is 2. The smallest absolute Gasteiger partial charge is 0.269 e. The maximum atomic E-state index is 13.0. The van der Waals surface area contributed by atoms with Gasteiger partial charge in [-0.1, -0.05) is 66.7 Å². The van der Waals surface area contributed by atoms with Gasteiger partial charge in [-0.15, -0.1) is 12.4 Å². The molecule has 162 valence electrons. The van der Waals surface area contributed by atoms with E-state index in [1.54, 1.807) is 18.2 Å². The SMILES string of the molecule is Cl.O=C1C(=O)c2ccccc2C(O)=C1C(NCc1ccccc1)c1ccc([N+](=O)[O-])cc1. The van der Waals surface area contributed by atoms with Crippen LogP contribution in [0.4, 0.5) is 5.69 Å². The molecule has 4 rings (SSSR count). The number of aliphatic hydroxyl groups is 1. The number of fused-ring (bicyclic) bond motifs is 1. The van der Waals surface area contributed by atoms with Gasteiger partial charge in [0.15, 0.2) is 0 Å². The molecule has 0 fully saturated rings. The van der Waals surface area contributed by atoms with Crippen molar-refractivity contribution in [3.05, 3.63) is 117 Å². The molecule has 1 unspecified atom stereocenters. The number of aliphatic hydroxyl groups excluding tert-OH is 1. The molecule has 3 aromatic carbocycles. The van der Waals surface area contributed by atoms with Gasteiger partial charge in [0, 0.05) is 29.8 Å². The number of nitrogens with one attached hydrogen (secondary N) is 1. The van der Waals surface area contributed by atoms with Crippen LogP contribution in [0.25, 0.3) is 5.76 Å². The normalized spacial score (nSPS) is 13.9. The van der Waals surface area contributed by atoms with Crippen LogP contribution in [0.1, 0.15) is 33.1 Å². The van der Waals surface area contributed by atoms with Gasteiger partial charge in [-0.2, -0.15) is 0 Å². The van der Waals surface area contributed by atoms with Crippen LogP contribution < -0.4 is 5.32 Å². The number of nitro benzene ring substituents is 1. The maximum Gasteiger partial charge on any atom is 0.269 e. The molecule has 3 aromatic rings. The number of non-ortho nitro benzene ring substituents is 1. The molecule has 32 heavy (non-hydrogen) atoms. The molecule has 7 nitrogen and oxygen atoms in total. The Morgan fingerprint density at radius 1 is 0.844 bits per heavy atom. The highest BCUT2D eigenvalue weighted by atomic mass is 35.5. The molecule has 0 aromatic heterocycles. The lowest BCUT2D eigenvalue weighted by atomic mass is 9.83. The fraction of sp³-hybridized carbons (Fsp3) is 0.0833. The zero-order chi connectivity index (χ0) is 22.0. The third kappa shape index (κ3) is 4.30. The molecular formula is C24H19ClN2O5. The van der Waals surface area contributed by atoms with Gasteiger partial charge in [-0.25, -0.2) is 0 Å². The van der Waals surface area contributed by atoms with E-state index >= 15 is 0 Å². The Labute approximate surface area is 190 Å². The average Bonchev–Trinajstić information content (AvgIpc) is 2.80. The predicted octanol–water partition coefficient (Wildman–Crippen LogP) is 4.58. The molecule has 0 radical (unpaired) electrons. The summed E-state index contributed by atoms with van der Waals surface area (Å²) in [6, 6.07) is 20.7. The number of benzene rings is 3. The first-order valence-corrected chi connectivity index (χ1v) is 9.60. The number of nitro groups is 1. The van der Waals surface area contributed by atoms with Crippen molar-refractivity contribution in [2.75, 3.05) is 0 Å². The molecule has 2 N–H and O–H groups in total.